The summed E-state index contributed by atoms with van der Waals surface area (Å²) in [5.74, 6) is -0.677. The van der Waals surface area contributed by atoms with Crippen molar-refractivity contribution in [2.24, 2.45) is 0 Å². The lowest BCUT2D eigenvalue weighted by atomic mass is 10.1. The Kier molecular flexibility index (Phi) is 5.23. The molecular weight excluding hydrogens is 322 g/mol. The van der Waals surface area contributed by atoms with Crippen LogP contribution in [0, 0.1) is 0 Å². The van der Waals surface area contributed by atoms with Gasteiger partial charge in [-0.1, -0.05) is 30.3 Å². The van der Waals surface area contributed by atoms with E-state index in [1.807, 2.05) is 0 Å². The first-order chi connectivity index (χ1) is 8.91. The molecular formula is C12H18ClNO4S2. The van der Waals surface area contributed by atoms with Gasteiger partial charge in [0.15, 0.2) is 0 Å². The number of nitrogens with one attached hydrogen (secondary N) is 1. The number of benzene rings is 1. The Balaban J connectivity index is 3.25. The SMILES string of the molecule is CC(C)(C)NS(=O)(=O)C(CS(=O)(=O)Cl)c1ccccc1. The van der Waals surface area contributed by atoms with Crippen LogP contribution in [0.4, 0.5) is 0 Å². The Morgan fingerprint density at radius 3 is 2.00 bits per heavy atom. The smallest absolute Gasteiger partial charge is 0.212 e. The zero-order valence-electron chi connectivity index (χ0n) is 11.5. The Morgan fingerprint density at radius 2 is 1.60 bits per heavy atom. The first-order valence-electron chi connectivity index (χ1n) is 5.91. The van der Waals surface area contributed by atoms with E-state index in [1.165, 1.54) is 0 Å². The van der Waals surface area contributed by atoms with Gasteiger partial charge >= 0.3 is 0 Å². The minimum absolute atomic E-state index is 0.383. The average Bonchev–Trinajstić information content (AvgIpc) is 2.22. The Bertz CT molecular complexity index is 648. The molecule has 20 heavy (non-hydrogen) atoms. The molecule has 0 spiro atoms. The van der Waals surface area contributed by atoms with E-state index in [0.717, 1.165) is 0 Å². The molecule has 0 aliphatic carbocycles. The Hall–Kier alpha value is -0.630. The van der Waals surface area contributed by atoms with Crippen molar-refractivity contribution in [3.63, 3.8) is 0 Å². The molecule has 1 N–H and O–H groups in total. The molecule has 1 aromatic carbocycles. The van der Waals surface area contributed by atoms with Gasteiger partial charge < -0.3 is 0 Å². The van der Waals surface area contributed by atoms with Gasteiger partial charge in [-0.2, -0.15) is 0 Å². The highest BCUT2D eigenvalue weighted by atomic mass is 35.7. The molecule has 5 nitrogen and oxygen atoms in total. The largest absolute Gasteiger partial charge is 0.234 e. The molecule has 0 aliphatic rings. The minimum Gasteiger partial charge on any atom is -0.212 e. The topological polar surface area (TPSA) is 80.3 Å². The van der Waals surface area contributed by atoms with Crippen molar-refractivity contribution in [1.82, 2.24) is 4.72 Å². The standard InChI is InChI=1S/C12H18ClNO4S2/c1-12(2,3)14-20(17,18)11(9-19(13,15)16)10-7-5-4-6-8-10/h4-8,11,14H,9H2,1-3H3. The van der Waals surface area contributed by atoms with Crippen molar-refractivity contribution in [2.75, 3.05) is 5.75 Å². The van der Waals surface area contributed by atoms with E-state index >= 15 is 0 Å². The van der Waals surface area contributed by atoms with Crippen LogP contribution in [0.15, 0.2) is 30.3 Å². The highest BCUT2D eigenvalue weighted by Crippen LogP contribution is 2.26. The van der Waals surface area contributed by atoms with Crippen molar-refractivity contribution in [3.8, 4) is 0 Å². The lowest BCUT2D eigenvalue weighted by Gasteiger charge is -2.25. The summed E-state index contributed by atoms with van der Waals surface area (Å²) in [6, 6.07) is 8.15. The molecule has 114 valence electrons. The fourth-order valence-electron chi connectivity index (χ4n) is 1.71. The molecule has 0 saturated heterocycles. The number of hydrogen-bond acceptors (Lipinski definition) is 4. The fourth-order valence-corrected chi connectivity index (χ4v) is 5.63. The van der Waals surface area contributed by atoms with Gasteiger partial charge in [-0.3, -0.25) is 0 Å². The van der Waals surface area contributed by atoms with Crippen LogP contribution in [0.1, 0.15) is 31.6 Å². The second kappa shape index (κ2) is 6.01. The number of sulfonamides is 1. The van der Waals surface area contributed by atoms with Gasteiger partial charge in [-0.05, 0) is 26.3 Å². The summed E-state index contributed by atoms with van der Waals surface area (Å²) in [6.45, 7) is 5.05. The van der Waals surface area contributed by atoms with Crippen LogP contribution in [0.5, 0.6) is 0 Å². The van der Waals surface area contributed by atoms with E-state index in [-0.39, 0.29) is 0 Å². The maximum Gasteiger partial charge on any atom is 0.234 e. The van der Waals surface area contributed by atoms with Crippen LogP contribution in [-0.4, -0.2) is 28.1 Å². The van der Waals surface area contributed by atoms with Gasteiger partial charge in [0.2, 0.25) is 19.1 Å². The fraction of sp³-hybridized carbons (Fsp3) is 0.500. The van der Waals surface area contributed by atoms with Gasteiger partial charge in [0.05, 0.1) is 5.75 Å². The van der Waals surface area contributed by atoms with Crippen LogP contribution in [0.25, 0.3) is 0 Å². The number of hydrogen-bond donors (Lipinski definition) is 1. The van der Waals surface area contributed by atoms with Crippen molar-refractivity contribution in [2.45, 2.75) is 31.6 Å². The normalized spacial score (nSPS) is 15.0. The van der Waals surface area contributed by atoms with Crippen LogP contribution in [0.3, 0.4) is 0 Å². The molecule has 0 bridgehead atoms. The molecule has 0 fully saturated rings. The summed E-state index contributed by atoms with van der Waals surface area (Å²) in [4.78, 5) is 0. The molecule has 8 heteroatoms. The van der Waals surface area contributed by atoms with Crippen molar-refractivity contribution in [3.05, 3.63) is 35.9 Å². The molecule has 1 unspecified atom stereocenters. The van der Waals surface area contributed by atoms with E-state index in [2.05, 4.69) is 4.72 Å². The van der Waals surface area contributed by atoms with Crippen molar-refractivity contribution < 1.29 is 16.8 Å². The highest BCUT2D eigenvalue weighted by Gasteiger charge is 2.34. The summed E-state index contributed by atoms with van der Waals surface area (Å²) in [5.41, 5.74) is -0.324. The van der Waals surface area contributed by atoms with Crippen LogP contribution < -0.4 is 4.72 Å². The predicted molar refractivity (Wildman–Crippen MR) is 80.6 cm³/mol. The van der Waals surface area contributed by atoms with Crippen LogP contribution in [-0.2, 0) is 19.1 Å². The number of halogens is 1. The van der Waals surface area contributed by atoms with Crippen LogP contribution >= 0.6 is 10.7 Å². The summed E-state index contributed by atoms with van der Waals surface area (Å²) in [6.07, 6.45) is 0. The minimum atomic E-state index is -3.96. The summed E-state index contributed by atoms with van der Waals surface area (Å²) in [5, 5.41) is -1.24. The molecule has 0 aliphatic heterocycles. The van der Waals surface area contributed by atoms with Gasteiger partial charge in [0.1, 0.15) is 5.25 Å². The third kappa shape index (κ3) is 5.78. The second-order valence-electron chi connectivity index (χ2n) is 5.50. The van der Waals surface area contributed by atoms with E-state index in [1.54, 1.807) is 51.1 Å². The third-order valence-electron chi connectivity index (χ3n) is 2.34. The molecule has 1 atom stereocenters. The summed E-state index contributed by atoms with van der Waals surface area (Å²) >= 11 is 0. The lowest BCUT2D eigenvalue weighted by molar-refractivity contribution is 0.485. The van der Waals surface area contributed by atoms with Crippen molar-refractivity contribution >= 4 is 29.8 Å². The molecule has 0 saturated carbocycles. The number of rotatable bonds is 5. The molecule has 0 radical (unpaired) electrons. The van der Waals surface area contributed by atoms with E-state index < -0.39 is 35.6 Å². The predicted octanol–water partition coefficient (Wildman–Crippen LogP) is 2.01. The van der Waals surface area contributed by atoms with Gasteiger partial charge in [-0.15, -0.1) is 0 Å². The molecule has 1 rings (SSSR count). The molecule has 0 amide bonds. The maximum absolute atomic E-state index is 12.4. The zero-order valence-corrected chi connectivity index (χ0v) is 13.9. The Morgan fingerprint density at radius 1 is 1.10 bits per heavy atom. The first-order valence-corrected chi connectivity index (χ1v) is 9.93. The monoisotopic (exact) mass is 339 g/mol. The summed E-state index contributed by atoms with van der Waals surface area (Å²) < 4.78 is 49.8. The highest BCUT2D eigenvalue weighted by molar-refractivity contribution is 8.14. The quantitative estimate of drug-likeness (QED) is 0.832. The maximum atomic E-state index is 12.4. The van der Waals surface area contributed by atoms with E-state index in [4.69, 9.17) is 10.7 Å². The third-order valence-corrected chi connectivity index (χ3v) is 5.75. The van der Waals surface area contributed by atoms with E-state index in [0.29, 0.717) is 5.56 Å². The molecule has 0 aromatic heterocycles. The second-order valence-corrected chi connectivity index (χ2v) is 10.2. The van der Waals surface area contributed by atoms with Crippen molar-refractivity contribution in [1.29, 1.82) is 0 Å². The average molecular weight is 340 g/mol. The lowest BCUT2D eigenvalue weighted by Crippen LogP contribution is -2.44. The Labute approximate surface area is 124 Å². The summed E-state index contributed by atoms with van der Waals surface area (Å²) in [7, 11) is -2.60. The van der Waals surface area contributed by atoms with E-state index in [9.17, 15) is 16.8 Å². The van der Waals surface area contributed by atoms with Gasteiger partial charge in [0.25, 0.3) is 0 Å². The van der Waals surface area contributed by atoms with Gasteiger partial charge in [0, 0.05) is 16.2 Å². The molecule has 1 aromatic rings. The van der Waals surface area contributed by atoms with Crippen LogP contribution in [0.2, 0.25) is 0 Å². The zero-order chi connectivity index (χ0) is 15.6. The van der Waals surface area contributed by atoms with Gasteiger partial charge in [-0.25, -0.2) is 21.6 Å². The first kappa shape index (κ1) is 17.4. The molecule has 0 heterocycles.